The summed E-state index contributed by atoms with van der Waals surface area (Å²) < 4.78 is 88.9. The minimum atomic E-state index is -4.69. The number of benzene rings is 2. The highest BCUT2D eigenvalue weighted by Gasteiger charge is 2.48. The van der Waals surface area contributed by atoms with Gasteiger partial charge in [0.15, 0.2) is 0 Å². The second-order valence-corrected chi connectivity index (χ2v) is 9.51. The summed E-state index contributed by atoms with van der Waals surface area (Å²) in [6, 6.07) is 6.95. The van der Waals surface area contributed by atoms with Crippen molar-refractivity contribution in [1.29, 1.82) is 0 Å². The fraction of sp³-hybridized carbons (Fsp3) is 0.423. The Hall–Kier alpha value is -3.32. The second kappa shape index (κ2) is 12.0. The maximum absolute atomic E-state index is 13.3. The number of nitrogens with zero attached hydrogens (tertiary/aromatic N) is 3. The van der Waals surface area contributed by atoms with E-state index in [-0.39, 0.29) is 43.3 Å². The van der Waals surface area contributed by atoms with Crippen LogP contribution in [0.3, 0.4) is 0 Å². The van der Waals surface area contributed by atoms with Gasteiger partial charge in [0.2, 0.25) is 5.91 Å². The molecule has 1 atom stereocenters. The molecule has 2 aromatic rings. The molecule has 1 aliphatic heterocycles. The molecule has 0 fully saturated rings. The Balaban J connectivity index is 1.94. The SMILES string of the molecule is CCOC(=O)C1(C)CN(CC(=O)N(CCOC)c2ccc(C(F)(F)F)cc2)N=C1c1ccc(C(F)(F)F)c(Cl)c1. The van der Waals surface area contributed by atoms with E-state index in [2.05, 4.69) is 5.10 Å². The van der Waals surface area contributed by atoms with Gasteiger partial charge in [0.05, 0.1) is 41.6 Å². The van der Waals surface area contributed by atoms with Crippen molar-refractivity contribution in [3.05, 3.63) is 64.2 Å². The van der Waals surface area contributed by atoms with E-state index >= 15 is 0 Å². The molecule has 0 spiro atoms. The maximum atomic E-state index is 13.3. The highest BCUT2D eigenvalue weighted by Crippen LogP contribution is 2.38. The summed E-state index contributed by atoms with van der Waals surface area (Å²) >= 11 is 5.90. The maximum Gasteiger partial charge on any atom is 0.417 e. The van der Waals surface area contributed by atoms with E-state index in [9.17, 15) is 35.9 Å². The zero-order valence-corrected chi connectivity index (χ0v) is 22.5. The van der Waals surface area contributed by atoms with Gasteiger partial charge < -0.3 is 14.4 Å². The van der Waals surface area contributed by atoms with Gasteiger partial charge in [-0.2, -0.15) is 31.4 Å². The molecule has 0 radical (unpaired) electrons. The molecule has 14 heteroatoms. The molecule has 3 rings (SSSR count). The summed E-state index contributed by atoms with van der Waals surface area (Å²) in [5, 5.41) is 5.03. The van der Waals surface area contributed by atoms with E-state index in [1.807, 2.05) is 0 Å². The van der Waals surface area contributed by atoms with E-state index in [4.69, 9.17) is 21.1 Å². The molecule has 40 heavy (non-hydrogen) atoms. The van der Waals surface area contributed by atoms with Crippen LogP contribution in [-0.2, 0) is 31.4 Å². The molecular formula is C26H26ClF6N3O4. The van der Waals surface area contributed by atoms with Crippen LogP contribution in [0.1, 0.15) is 30.5 Å². The third-order valence-corrected chi connectivity index (χ3v) is 6.49. The predicted molar refractivity (Wildman–Crippen MR) is 135 cm³/mol. The van der Waals surface area contributed by atoms with Crippen molar-refractivity contribution in [2.45, 2.75) is 26.2 Å². The van der Waals surface area contributed by atoms with Crippen LogP contribution in [0.5, 0.6) is 0 Å². The summed E-state index contributed by atoms with van der Waals surface area (Å²) in [5.41, 5.74) is -3.06. The zero-order chi connectivity index (χ0) is 29.9. The molecule has 0 N–H and O–H groups in total. The number of hydrogen-bond donors (Lipinski definition) is 0. The van der Waals surface area contributed by atoms with Gasteiger partial charge in [-0.05, 0) is 50.2 Å². The molecule has 0 aliphatic carbocycles. The van der Waals surface area contributed by atoms with Gasteiger partial charge in [-0.15, -0.1) is 0 Å². The first kappa shape index (κ1) is 31.2. The molecular weight excluding hydrogens is 568 g/mol. The summed E-state index contributed by atoms with van der Waals surface area (Å²) in [4.78, 5) is 27.5. The molecule has 0 saturated carbocycles. The van der Waals surface area contributed by atoms with Crippen LogP contribution in [0, 0.1) is 5.41 Å². The highest BCUT2D eigenvalue weighted by molar-refractivity contribution is 6.32. The fourth-order valence-electron chi connectivity index (χ4n) is 4.19. The minimum absolute atomic E-state index is 0.00870. The Bertz CT molecular complexity index is 1270. The Morgan fingerprint density at radius 1 is 1.07 bits per heavy atom. The molecule has 1 unspecified atom stereocenters. The van der Waals surface area contributed by atoms with E-state index < -0.39 is 52.3 Å². The van der Waals surface area contributed by atoms with E-state index in [1.54, 1.807) is 6.92 Å². The Morgan fingerprint density at radius 2 is 1.73 bits per heavy atom. The van der Waals surface area contributed by atoms with Crippen molar-refractivity contribution in [2.24, 2.45) is 10.5 Å². The van der Waals surface area contributed by atoms with Crippen molar-refractivity contribution in [2.75, 3.05) is 44.9 Å². The number of alkyl halides is 6. The monoisotopic (exact) mass is 593 g/mol. The van der Waals surface area contributed by atoms with Crippen LogP contribution in [-0.4, -0.2) is 62.6 Å². The number of rotatable bonds is 9. The number of carbonyl (C=O) groups is 2. The van der Waals surface area contributed by atoms with Crippen molar-refractivity contribution in [3.63, 3.8) is 0 Å². The third-order valence-electron chi connectivity index (χ3n) is 6.18. The lowest BCUT2D eigenvalue weighted by Gasteiger charge is -2.27. The summed E-state index contributed by atoms with van der Waals surface area (Å²) in [6.07, 6.45) is -9.25. The first-order chi connectivity index (χ1) is 18.6. The van der Waals surface area contributed by atoms with Gasteiger partial charge in [0.1, 0.15) is 12.0 Å². The fourth-order valence-corrected chi connectivity index (χ4v) is 4.48. The van der Waals surface area contributed by atoms with E-state index in [0.29, 0.717) is 0 Å². The van der Waals surface area contributed by atoms with Gasteiger partial charge in [-0.25, -0.2) is 0 Å². The molecule has 7 nitrogen and oxygen atoms in total. The topological polar surface area (TPSA) is 71.4 Å². The Morgan fingerprint density at radius 3 is 2.25 bits per heavy atom. The van der Waals surface area contributed by atoms with Crippen LogP contribution in [0.25, 0.3) is 0 Å². The van der Waals surface area contributed by atoms with Crippen LogP contribution in [0.4, 0.5) is 32.0 Å². The van der Waals surface area contributed by atoms with Gasteiger partial charge >= 0.3 is 18.3 Å². The number of hydrazone groups is 1. The molecule has 0 bridgehead atoms. The molecule has 1 amide bonds. The Labute approximate surface area is 231 Å². The summed E-state index contributed by atoms with van der Waals surface area (Å²) in [5.74, 6) is -1.28. The first-order valence-corrected chi connectivity index (χ1v) is 12.3. The quantitative estimate of drug-likeness (QED) is 0.278. The third kappa shape index (κ3) is 6.87. The Kier molecular flexibility index (Phi) is 9.40. The van der Waals surface area contributed by atoms with Crippen LogP contribution < -0.4 is 4.90 Å². The van der Waals surface area contributed by atoms with Gasteiger partial charge in [0.25, 0.3) is 0 Å². The van der Waals surface area contributed by atoms with Gasteiger partial charge in [-0.1, -0.05) is 17.7 Å². The average molecular weight is 594 g/mol. The second-order valence-electron chi connectivity index (χ2n) is 9.10. The van der Waals surface area contributed by atoms with Gasteiger partial charge in [0, 0.05) is 24.9 Å². The predicted octanol–water partition coefficient (Wildman–Crippen LogP) is 5.65. The molecule has 1 heterocycles. The summed E-state index contributed by atoms with van der Waals surface area (Å²) in [6.45, 7) is 2.61. The number of esters is 1. The van der Waals surface area contributed by atoms with Crippen LogP contribution in [0.2, 0.25) is 5.02 Å². The first-order valence-electron chi connectivity index (χ1n) is 12.0. The lowest BCUT2D eigenvalue weighted by Crippen LogP contribution is -2.44. The van der Waals surface area contributed by atoms with Crippen LogP contribution >= 0.6 is 11.6 Å². The van der Waals surface area contributed by atoms with E-state index in [1.165, 1.54) is 23.9 Å². The lowest BCUT2D eigenvalue weighted by molar-refractivity contribution is -0.150. The number of halogens is 7. The highest BCUT2D eigenvalue weighted by atomic mass is 35.5. The average Bonchev–Trinajstić information content (AvgIpc) is 3.20. The van der Waals surface area contributed by atoms with Crippen molar-refractivity contribution >= 4 is 34.9 Å². The standard InChI is InChI=1S/C26H26ClF6N3O4/c1-4-40-23(38)24(2)15-35(34-22(24)16-5-10-19(20(27)13-16)26(31,32)33)14-21(37)36(11-12-39-3)18-8-6-17(7-9-18)25(28,29)30/h5-10,13H,4,11-12,14-15H2,1-3H3. The number of hydrogen-bond acceptors (Lipinski definition) is 6. The van der Waals surface area contributed by atoms with Crippen molar-refractivity contribution < 1.29 is 45.4 Å². The molecule has 0 aromatic heterocycles. The van der Waals surface area contributed by atoms with Crippen molar-refractivity contribution in [1.82, 2.24) is 5.01 Å². The normalized spacial score (nSPS) is 17.6. The molecule has 218 valence electrons. The van der Waals surface area contributed by atoms with Crippen molar-refractivity contribution in [3.8, 4) is 0 Å². The number of ether oxygens (including phenoxy) is 2. The molecule has 1 aliphatic rings. The lowest BCUT2D eigenvalue weighted by atomic mass is 9.82. The number of amides is 1. The molecule has 2 aromatic carbocycles. The van der Waals surface area contributed by atoms with Gasteiger partial charge in [-0.3, -0.25) is 14.6 Å². The number of carbonyl (C=O) groups excluding carboxylic acids is 2. The van der Waals surface area contributed by atoms with Crippen LogP contribution in [0.15, 0.2) is 47.6 Å². The smallest absolute Gasteiger partial charge is 0.417 e. The summed E-state index contributed by atoms with van der Waals surface area (Å²) in [7, 11) is 1.40. The minimum Gasteiger partial charge on any atom is -0.465 e. The number of methoxy groups -OCH3 is 1. The largest absolute Gasteiger partial charge is 0.465 e. The number of anilines is 1. The molecule has 0 saturated heterocycles. The zero-order valence-electron chi connectivity index (χ0n) is 21.7. The van der Waals surface area contributed by atoms with E-state index in [0.717, 1.165) is 42.5 Å².